The Bertz CT molecular complexity index is 1410. The van der Waals surface area contributed by atoms with E-state index in [-0.39, 0.29) is 37.6 Å². The Morgan fingerprint density at radius 1 is 0.905 bits per heavy atom. The molecule has 222 valence electrons. The summed E-state index contributed by atoms with van der Waals surface area (Å²) in [5.74, 6) is -2.36. The highest BCUT2D eigenvalue weighted by Gasteiger charge is 2.22. The van der Waals surface area contributed by atoms with E-state index >= 15 is 0 Å². The molecular weight excluding hydrogens is 591 g/mol. The number of amides is 4. The monoisotopic (exact) mass is 618 g/mol. The van der Waals surface area contributed by atoms with Crippen LogP contribution in [0.15, 0.2) is 66.7 Å². The molecule has 0 fully saturated rings. The standard InChI is InChI=1S/C28H28Cl2N4O8/c29-19-7-6-18(22(30)12-19)14-33-27(39)31-10-11-41-20-8-9-21(24(35)13-20)25(36)32-15-23(26(37)38)34-28(40)42-16-17-4-2-1-3-5-17/h1-9,12-13,23,35H,10-11,14-16H2,(H,32,36)(H,34,40)(H,37,38)(H2,31,33,39)/t23-/m0/s1. The van der Waals surface area contributed by atoms with Gasteiger partial charge in [0.25, 0.3) is 5.91 Å². The van der Waals surface area contributed by atoms with Crippen LogP contribution in [0.25, 0.3) is 0 Å². The van der Waals surface area contributed by atoms with E-state index in [9.17, 15) is 29.4 Å². The molecule has 0 heterocycles. The maximum Gasteiger partial charge on any atom is 0.408 e. The molecule has 14 heteroatoms. The van der Waals surface area contributed by atoms with Gasteiger partial charge >= 0.3 is 18.1 Å². The first-order chi connectivity index (χ1) is 20.1. The zero-order valence-electron chi connectivity index (χ0n) is 22.1. The predicted octanol–water partition coefficient (Wildman–Crippen LogP) is 3.69. The van der Waals surface area contributed by atoms with Gasteiger partial charge in [0.15, 0.2) is 0 Å². The highest BCUT2D eigenvalue weighted by Crippen LogP contribution is 2.24. The van der Waals surface area contributed by atoms with Gasteiger partial charge in [0, 0.05) is 29.2 Å². The molecule has 0 aliphatic carbocycles. The Kier molecular flexibility index (Phi) is 12.1. The van der Waals surface area contributed by atoms with Crippen molar-refractivity contribution in [3.8, 4) is 11.5 Å². The molecule has 12 nitrogen and oxygen atoms in total. The number of aromatic hydroxyl groups is 1. The van der Waals surface area contributed by atoms with Gasteiger partial charge in [-0.2, -0.15) is 0 Å². The van der Waals surface area contributed by atoms with Crippen molar-refractivity contribution in [3.63, 3.8) is 0 Å². The van der Waals surface area contributed by atoms with Gasteiger partial charge in [-0.15, -0.1) is 0 Å². The van der Waals surface area contributed by atoms with Crippen molar-refractivity contribution in [2.75, 3.05) is 19.7 Å². The van der Waals surface area contributed by atoms with Gasteiger partial charge in [0.05, 0.1) is 12.1 Å². The fourth-order valence-electron chi connectivity index (χ4n) is 3.43. The minimum atomic E-state index is -1.48. The number of carbonyl (C=O) groups excluding carboxylic acids is 3. The van der Waals surface area contributed by atoms with E-state index in [1.54, 1.807) is 48.5 Å². The van der Waals surface area contributed by atoms with E-state index in [2.05, 4.69) is 21.3 Å². The topological polar surface area (TPSA) is 175 Å². The Morgan fingerprint density at radius 3 is 2.36 bits per heavy atom. The van der Waals surface area contributed by atoms with Gasteiger partial charge in [0.1, 0.15) is 30.8 Å². The summed E-state index contributed by atoms with van der Waals surface area (Å²) in [5, 5.41) is 30.4. The quantitative estimate of drug-likeness (QED) is 0.157. The first-order valence-electron chi connectivity index (χ1n) is 12.5. The number of aliphatic carboxylic acids is 1. The number of carbonyl (C=O) groups is 4. The van der Waals surface area contributed by atoms with Crippen LogP contribution in [0.4, 0.5) is 9.59 Å². The van der Waals surface area contributed by atoms with Crippen molar-refractivity contribution in [2.45, 2.75) is 19.2 Å². The summed E-state index contributed by atoms with van der Waals surface area (Å²) < 4.78 is 10.5. The first kappa shape index (κ1) is 31.8. The first-order valence-corrected chi connectivity index (χ1v) is 13.3. The number of rotatable bonds is 13. The molecule has 0 bridgehead atoms. The Balaban J connectivity index is 1.39. The number of nitrogens with one attached hydrogen (secondary N) is 4. The lowest BCUT2D eigenvalue weighted by atomic mass is 10.1. The van der Waals surface area contributed by atoms with Crippen molar-refractivity contribution < 1.29 is 38.9 Å². The lowest BCUT2D eigenvalue weighted by molar-refractivity contribution is -0.139. The summed E-state index contributed by atoms with van der Waals surface area (Å²) in [6.07, 6.45) is -0.970. The van der Waals surface area contributed by atoms with Crippen LogP contribution in [0.2, 0.25) is 10.0 Å². The van der Waals surface area contributed by atoms with Gasteiger partial charge in [-0.3, -0.25) is 4.79 Å². The zero-order valence-corrected chi connectivity index (χ0v) is 23.6. The van der Waals surface area contributed by atoms with Gasteiger partial charge in [-0.05, 0) is 35.4 Å². The van der Waals surface area contributed by atoms with Gasteiger partial charge in [-0.25, -0.2) is 14.4 Å². The SMILES string of the molecule is O=C(NCCOc1ccc(C(=O)NC[C@H](NC(=O)OCc2ccccc2)C(=O)O)c(O)c1)NCc1ccc(Cl)cc1Cl. The number of phenolic OH excluding ortho intramolecular Hbond substituents is 1. The zero-order chi connectivity index (χ0) is 30.5. The summed E-state index contributed by atoms with van der Waals surface area (Å²) in [6.45, 7) is -0.129. The number of benzene rings is 3. The number of hydrogen-bond acceptors (Lipinski definition) is 7. The molecule has 3 aromatic carbocycles. The van der Waals surface area contributed by atoms with Gasteiger partial charge in [-0.1, -0.05) is 59.6 Å². The second kappa shape index (κ2) is 15.9. The molecule has 4 amide bonds. The maximum absolute atomic E-state index is 12.5. The van der Waals surface area contributed by atoms with Crippen molar-refractivity contribution in [1.82, 2.24) is 21.3 Å². The van der Waals surface area contributed by atoms with Crippen LogP contribution in [0, 0.1) is 0 Å². The summed E-state index contributed by atoms with van der Waals surface area (Å²) in [6, 6.07) is 15.7. The summed E-state index contributed by atoms with van der Waals surface area (Å²) in [7, 11) is 0. The second-order valence-electron chi connectivity index (χ2n) is 8.68. The fraction of sp³-hybridized carbons (Fsp3) is 0.214. The smallest absolute Gasteiger partial charge is 0.408 e. The Hall–Kier alpha value is -4.68. The molecule has 0 unspecified atom stereocenters. The van der Waals surface area contributed by atoms with Crippen LogP contribution in [0.3, 0.4) is 0 Å². The van der Waals surface area contributed by atoms with Gasteiger partial charge < -0.3 is 41.0 Å². The summed E-state index contributed by atoms with van der Waals surface area (Å²) >= 11 is 11.9. The normalized spacial score (nSPS) is 11.1. The third kappa shape index (κ3) is 10.4. The molecule has 0 radical (unpaired) electrons. The molecule has 3 aromatic rings. The van der Waals surface area contributed by atoms with Crippen molar-refractivity contribution in [3.05, 3.63) is 93.5 Å². The highest BCUT2D eigenvalue weighted by molar-refractivity contribution is 6.35. The van der Waals surface area contributed by atoms with E-state index in [0.29, 0.717) is 21.2 Å². The van der Waals surface area contributed by atoms with E-state index in [1.807, 2.05) is 0 Å². The van der Waals surface area contributed by atoms with E-state index in [4.69, 9.17) is 32.7 Å². The Labute approximate surface area is 250 Å². The molecule has 42 heavy (non-hydrogen) atoms. The molecule has 0 aliphatic heterocycles. The van der Waals surface area contributed by atoms with Crippen LogP contribution in [-0.4, -0.2) is 60.0 Å². The molecular formula is C28H28Cl2N4O8. The van der Waals surface area contributed by atoms with Crippen LogP contribution < -0.4 is 26.0 Å². The maximum atomic E-state index is 12.5. The number of carboxylic acid groups (broad SMARTS) is 1. The number of urea groups is 1. The minimum Gasteiger partial charge on any atom is -0.507 e. The Morgan fingerprint density at radius 2 is 1.67 bits per heavy atom. The summed E-state index contributed by atoms with van der Waals surface area (Å²) in [5.41, 5.74) is 1.27. The van der Waals surface area contributed by atoms with Crippen LogP contribution in [0.5, 0.6) is 11.5 Å². The van der Waals surface area contributed by atoms with Crippen LogP contribution in [0.1, 0.15) is 21.5 Å². The van der Waals surface area contributed by atoms with E-state index in [1.165, 1.54) is 18.2 Å². The van der Waals surface area contributed by atoms with E-state index in [0.717, 1.165) is 0 Å². The molecule has 6 N–H and O–H groups in total. The number of ether oxygens (including phenoxy) is 2. The molecule has 3 rings (SSSR count). The fourth-order valence-corrected chi connectivity index (χ4v) is 3.90. The van der Waals surface area contributed by atoms with Crippen LogP contribution in [-0.2, 0) is 22.7 Å². The molecule has 0 saturated heterocycles. The van der Waals surface area contributed by atoms with Crippen molar-refractivity contribution in [1.29, 1.82) is 0 Å². The number of phenols is 1. The van der Waals surface area contributed by atoms with Crippen molar-refractivity contribution >= 4 is 47.2 Å². The average Bonchev–Trinajstić information content (AvgIpc) is 2.96. The van der Waals surface area contributed by atoms with Crippen LogP contribution >= 0.6 is 23.2 Å². The summed E-state index contributed by atoms with van der Waals surface area (Å²) in [4.78, 5) is 48.0. The molecule has 0 saturated carbocycles. The lowest BCUT2D eigenvalue weighted by Crippen LogP contribution is -2.48. The predicted molar refractivity (Wildman–Crippen MR) is 154 cm³/mol. The number of hydrogen-bond donors (Lipinski definition) is 6. The number of halogens is 2. The second-order valence-corrected chi connectivity index (χ2v) is 9.52. The molecule has 0 aliphatic rings. The average molecular weight is 619 g/mol. The number of carboxylic acids is 1. The highest BCUT2D eigenvalue weighted by atomic mass is 35.5. The molecule has 1 atom stereocenters. The largest absolute Gasteiger partial charge is 0.507 e. The van der Waals surface area contributed by atoms with Gasteiger partial charge in [0.2, 0.25) is 0 Å². The van der Waals surface area contributed by atoms with E-state index < -0.39 is 42.3 Å². The van der Waals surface area contributed by atoms with Crippen molar-refractivity contribution in [2.24, 2.45) is 0 Å². The molecule has 0 aromatic heterocycles. The third-order valence-corrected chi connectivity index (χ3v) is 6.18. The third-order valence-electron chi connectivity index (χ3n) is 5.59. The minimum absolute atomic E-state index is 0.0590. The lowest BCUT2D eigenvalue weighted by Gasteiger charge is -2.16. The molecule has 0 spiro atoms. The number of alkyl carbamates (subject to hydrolysis) is 1.